The Morgan fingerprint density at radius 3 is 0.778 bits per heavy atom. The molecule has 12 aromatic carbocycles. The van der Waals surface area contributed by atoms with E-state index in [-0.39, 0.29) is 0 Å². The van der Waals surface area contributed by atoms with Crippen LogP contribution < -0.4 is 9.80 Å². The molecule has 0 radical (unpaired) electrons. The molecule has 0 aliphatic rings. The lowest BCUT2D eigenvalue weighted by molar-refractivity contribution is 1.28. The van der Waals surface area contributed by atoms with Crippen LogP contribution in [0.4, 0.5) is 34.1 Å². The molecule has 0 bridgehead atoms. The number of para-hydroxylation sites is 2. The van der Waals surface area contributed by atoms with Crippen LogP contribution >= 0.6 is 0 Å². The second-order valence-corrected chi connectivity index (χ2v) is 18.1. The number of benzene rings is 12. The van der Waals surface area contributed by atoms with Crippen molar-refractivity contribution >= 4 is 90.7 Å². The van der Waals surface area contributed by atoms with E-state index in [0.29, 0.717) is 0 Å². The van der Waals surface area contributed by atoms with E-state index < -0.39 is 0 Å². The molecular weight excluding hydrogens is 869 g/mol. The molecule has 0 unspecified atom stereocenters. The Kier molecular flexibility index (Phi) is 12.1. The minimum atomic E-state index is 1.08. The summed E-state index contributed by atoms with van der Waals surface area (Å²) in [6.07, 6.45) is 8.68. The Balaban J connectivity index is 0.913. The van der Waals surface area contributed by atoms with Gasteiger partial charge in [0, 0.05) is 34.1 Å². The smallest absolute Gasteiger partial charge is 0.0462 e. The van der Waals surface area contributed by atoms with Gasteiger partial charge in [0.1, 0.15) is 0 Å². The van der Waals surface area contributed by atoms with Crippen LogP contribution in [0.1, 0.15) is 22.3 Å². The van der Waals surface area contributed by atoms with Gasteiger partial charge in [-0.1, -0.05) is 218 Å². The first-order valence-corrected chi connectivity index (χ1v) is 24.7. The van der Waals surface area contributed by atoms with E-state index in [4.69, 9.17) is 0 Å². The highest BCUT2D eigenvalue weighted by Gasteiger charge is 2.18. The topological polar surface area (TPSA) is 6.48 Å². The Labute approximate surface area is 422 Å². The molecule has 0 spiro atoms. The lowest BCUT2D eigenvalue weighted by Crippen LogP contribution is -2.09. The van der Waals surface area contributed by atoms with Crippen LogP contribution in [0.2, 0.25) is 0 Å². The molecule has 0 aromatic heterocycles. The van der Waals surface area contributed by atoms with Crippen molar-refractivity contribution < 1.29 is 0 Å². The lowest BCUT2D eigenvalue weighted by atomic mass is 9.87. The van der Waals surface area contributed by atoms with Gasteiger partial charge >= 0.3 is 0 Å². The van der Waals surface area contributed by atoms with E-state index in [1.807, 2.05) is 12.1 Å². The number of nitrogens with zero attached hydrogens (tertiary/aromatic N) is 2. The highest BCUT2D eigenvalue weighted by atomic mass is 15.1. The van der Waals surface area contributed by atoms with Gasteiger partial charge in [-0.05, 0) is 162 Å². The number of rotatable bonds is 12. The molecule has 12 rings (SSSR count). The summed E-state index contributed by atoms with van der Waals surface area (Å²) in [6.45, 7) is 0. The third-order valence-electron chi connectivity index (χ3n) is 13.6. The molecule has 0 fully saturated rings. The highest BCUT2D eigenvalue weighted by Crippen LogP contribution is 2.44. The Morgan fingerprint density at radius 2 is 0.444 bits per heavy atom. The third kappa shape index (κ3) is 8.97. The van der Waals surface area contributed by atoms with Gasteiger partial charge in [0.25, 0.3) is 0 Å². The maximum atomic E-state index is 2.42. The summed E-state index contributed by atoms with van der Waals surface area (Å²) < 4.78 is 0. The molecule has 0 amide bonds. The fourth-order valence-electron chi connectivity index (χ4n) is 10.0. The molecule has 0 N–H and O–H groups in total. The van der Waals surface area contributed by atoms with E-state index in [0.717, 1.165) is 45.3 Å². The van der Waals surface area contributed by atoms with Gasteiger partial charge in [0.2, 0.25) is 0 Å². The zero-order valence-corrected chi connectivity index (χ0v) is 39.8. The molecule has 0 aliphatic heterocycles. The van der Waals surface area contributed by atoms with E-state index in [2.05, 4.69) is 301 Å². The summed E-state index contributed by atoms with van der Waals surface area (Å²) in [5, 5.41) is 7.42. The number of anilines is 6. The van der Waals surface area contributed by atoms with Gasteiger partial charge in [-0.3, -0.25) is 0 Å². The summed E-state index contributed by atoms with van der Waals surface area (Å²) in [7, 11) is 0. The Morgan fingerprint density at radius 1 is 0.194 bits per heavy atom. The Hall–Kier alpha value is -9.50. The fraction of sp³-hybridized carbons (Fsp3) is 0. The quantitative estimate of drug-likeness (QED) is 0.0890. The predicted octanol–water partition coefficient (Wildman–Crippen LogP) is 19.8. The summed E-state index contributed by atoms with van der Waals surface area (Å²) in [5.74, 6) is 0. The largest absolute Gasteiger partial charge is 0.311 e. The average molecular weight is 919 g/mol. The van der Waals surface area contributed by atoms with Crippen molar-refractivity contribution in [2.24, 2.45) is 0 Å². The van der Waals surface area contributed by atoms with Crippen LogP contribution in [0.25, 0.3) is 78.9 Å². The average Bonchev–Trinajstić information content (AvgIpc) is 3.46. The van der Waals surface area contributed by atoms with Crippen LogP contribution in [-0.4, -0.2) is 0 Å². The first-order valence-electron chi connectivity index (χ1n) is 24.7. The lowest BCUT2D eigenvalue weighted by Gasteiger charge is -2.26. The van der Waals surface area contributed by atoms with Crippen molar-refractivity contribution in [1.82, 2.24) is 0 Å². The first-order chi connectivity index (χ1) is 35.7. The van der Waals surface area contributed by atoms with E-state index in [9.17, 15) is 0 Å². The number of fused-ring (bicyclic) bond motifs is 5. The second kappa shape index (κ2) is 19.8. The van der Waals surface area contributed by atoms with E-state index in [1.165, 1.54) is 65.7 Å². The van der Waals surface area contributed by atoms with Gasteiger partial charge in [0.05, 0.1) is 0 Å². The summed E-state index contributed by atoms with van der Waals surface area (Å²) in [6, 6.07) is 101. The fourth-order valence-corrected chi connectivity index (χ4v) is 10.0. The van der Waals surface area contributed by atoms with Crippen molar-refractivity contribution in [3.63, 3.8) is 0 Å². The van der Waals surface area contributed by atoms with E-state index in [1.54, 1.807) is 0 Å². The van der Waals surface area contributed by atoms with Crippen LogP contribution in [-0.2, 0) is 0 Å². The summed E-state index contributed by atoms with van der Waals surface area (Å²) >= 11 is 0. The van der Waals surface area contributed by atoms with E-state index >= 15 is 0 Å². The summed E-state index contributed by atoms with van der Waals surface area (Å²) in [4.78, 5) is 4.66. The van der Waals surface area contributed by atoms with Crippen molar-refractivity contribution in [3.8, 4) is 22.3 Å². The van der Waals surface area contributed by atoms with Gasteiger partial charge in [-0.25, -0.2) is 0 Å². The van der Waals surface area contributed by atoms with Gasteiger partial charge in [-0.2, -0.15) is 0 Å². The molecule has 72 heavy (non-hydrogen) atoms. The molecule has 2 nitrogen and oxygen atoms in total. The van der Waals surface area contributed by atoms with Crippen molar-refractivity contribution in [3.05, 3.63) is 301 Å². The molecule has 0 atom stereocenters. The third-order valence-corrected chi connectivity index (χ3v) is 13.6. The molecule has 2 heteroatoms. The van der Waals surface area contributed by atoms with Gasteiger partial charge in [-0.15, -0.1) is 0 Å². The van der Waals surface area contributed by atoms with Crippen LogP contribution in [0.3, 0.4) is 0 Å². The van der Waals surface area contributed by atoms with Crippen LogP contribution in [0.5, 0.6) is 0 Å². The zero-order chi connectivity index (χ0) is 48.1. The molecule has 0 aliphatic carbocycles. The molecule has 0 saturated carbocycles. The molecule has 0 saturated heterocycles. The highest BCUT2D eigenvalue weighted by molar-refractivity contribution is 6.24. The van der Waals surface area contributed by atoms with Gasteiger partial charge < -0.3 is 9.80 Å². The van der Waals surface area contributed by atoms with Gasteiger partial charge in [0.15, 0.2) is 0 Å². The van der Waals surface area contributed by atoms with Crippen molar-refractivity contribution in [2.75, 3.05) is 9.80 Å². The summed E-state index contributed by atoms with van der Waals surface area (Å²) in [5.41, 5.74) is 16.1. The standard InChI is InChI=1S/C70H50N2/c1-5-17-51(18-6-1)29-31-53-33-41-59(42-34-53)72(60-43-35-54(36-44-60)32-30-52-19-7-2-8-20-52)62-47-39-56(40-48-62)68-50-70-65-27-15-13-25-63(65)67(49-69(70)66-28-16-14-26-64(66)68)55-37-45-61(46-38-55)71(57-21-9-3-10-22-57)58-23-11-4-12-24-58/h1-50H. The maximum absolute atomic E-state index is 2.42. The molecule has 12 aromatic rings. The minimum Gasteiger partial charge on any atom is -0.311 e. The second-order valence-electron chi connectivity index (χ2n) is 18.1. The van der Waals surface area contributed by atoms with Crippen LogP contribution in [0, 0.1) is 0 Å². The number of hydrogen-bond acceptors (Lipinski definition) is 2. The molecule has 0 heterocycles. The number of hydrogen-bond donors (Lipinski definition) is 0. The molecule has 340 valence electrons. The molecular formula is C70H50N2. The van der Waals surface area contributed by atoms with Crippen molar-refractivity contribution in [2.45, 2.75) is 0 Å². The SMILES string of the molecule is C(=Cc1ccc(N(c2ccc(C=Cc3ccccc3)cc2)c2ccc(-c3cc4c5ccccc5c(-c5ccc(N(c6ccccc6)c6ccccc6)cc5)cc4c4ccccc34)cc2)cc1)c1ccccc1. The van der Waals surface area contributed by atoms with Crippen LogP contribution in [0.15, 0.2) is 279 Å². The normalized spacial score (nSPS) is 11.5. The monoisotopic (exact) mass is 918 g/mol. The van der Waals surface area contributed by atoms with Crippen molar-refractivity contribution in [1.29, 1.82) is 0 Å². The Bertz CT molecular complexity index is 3710. The first kappa shape index (κ1) is 43.8. The minimum absolute atomic E-state index is 1.08. The maximum Gasteiger partial charge on any atom is 0.0462 e. The zero-order valence-electron chi connectivity index (χ0n) is 39.8. The predicted molar refractivity (Wildman–Crippen MR) is 310 cm³/mol.